The molecule has 0 unspecified atom stereocenters. The Morgan fingerprint density at radius 1 is 1.06 bits per heavy atom. The van der Waals surface area contributed by atoms with Crippen molar-refractivity contribution in [2.24, 2.45) is 0 Å². The van der Waals surface area contributed by atoms with E-state index < -0.39 is 40.9 Å². The van der Waals surface area contributed by atoms with Crippen LogP contribution in [0.4, 0.5) is 8.78 Å². The first-order chi connectivity index (χ1) is 16.5. The molecule has 1 aromatic heterocycles. The van der Waals surface area contributed by atoms with Gasteiger partial charge in [-0.25, -0.2) is 8.78 Å². The Labute approximate surface area is 197 Å². The van der Waals surface area contributed by atoms with Crippen molar-refractivity contribution in [1.82, 2.24) is 9.58 Å². The second kappa shape index (κ2) is 7.85. The Morgan fingerprint density at radius 3 is 2.74 bits per heavy atom. The summed E-state index contributed by atoms with van der Waals surface area (Å²) in [6.07, 6.45) is 0.833. The molecular formula is C24H19F2N3O4S. The van der Waals surface area contributed by atoms with Crippen molar-refractivity contribution >= 4 is 17.7 Å². The number of carbonyl (C=O) groups excluding carboxylic acids is 1. The molecule has 0 aliphatic carbocycles. The van der Waals surface area contributed by atoms with Crippen molar-refractivity contribution in [3.8, 4) is 5.75 Å². The quantitative estimate of drug-likeness (QED) is 0.574. The number of ether oxygens (including phenoxy) is 1. The number of morpholine rings is 1. The minimum Gasteiger partial charge on any atom is -0.502 e. The molecule has 34 heavy (non-hydrogen) atoms. The van der Waals surface area contributed by atoms with Gasteiger partial charge in [-0.3, -0.25) is 19.3 Å². The fourth-order valence-electron chi connectivity index (χ4n) is 4.98. The normalized spacial score (nSPS) is 21.3. The maximum atomic E-state index is 15.1. The van der Waals surface area contributed by atoms with Gasteiger partial charge in [-0.2, -0.15) is 0 Å². The molecule has 2 atom stereocenters. The summed E-state index contributed by atoms with van der Waals surface area (Å²) in [6.45, 7) is 0.737. The van der Waals surface area contributed by atoms with Gasteiger partial charge < -0.3 is 14.7 Å². The fraction of sp³-hybridized carbons (Fsp3) is 0.250. The lowest BCUT2D eigenvalue weighted by Gasteiger charge is -2.51. The van der Waals surface area contributed by atoms with E-state index in [2.05, 4.69) is 0 Å². The standard InChI is InChI=1S/C24H19F2N3O4S/c25-16-6-5-13-15(20(16)26)12-34-18-4-2-1-3-14(18)21(13)29-19-11-33-10-9-27(19)24(32)22-23(31)17(30)7-8-28(22)29/h1-8,19,21,31H,9-12H2/t19-,21+/m0/s1. The van der Waals surface area contributed by atoms with Gasteiger partial charge in [0.05, 0.1) is 19.3 Å². The predicted molar refractivity (Wildman–Crippen MR) is 120 cm³/mol. The van der Waals surface area contributed by atoms with Crippen LogP contribution in [-0.2, 0) is 10.5 Å². The summed E-state index contributed by atoms with van der Waals surface area (Å²) in [6, 6.07) is 10.8. The van der Waals surface area contributed by atoms with Crippen molar-refractivity contribution in [2.45, 2.75) is 22.9 Å². The number of aromatic nitrogens is 1. The van der Waals surface area contributed by atoms with E-state index in [1.54, 1.807) is 11.0 Å². The van der Waals surface area contributed by atoms with E-state index in [0.29, 0.717) is 12.2 Å². The molecule has 6 rings (SSSR count). The van der Waals surface area contributed by atoms with E-state index in [4.69, 9.17) is 4.74 Å². The number of aromatic hydroxyl groups is 1. The highest BCUT2D eigenvalue weighted by atomic mass is 32.2. The summed E-state index contributed by atoms with van der Waals surface area (Å²) in [5.74, 6) is -2.74. The van der Waals surface area contributed by atoms with E-state index in [0.717, 1.165) is 16.5 Å². The van der Waals surface area contributed by atoms with Crippen LogP contribution in [0.3, 0.4) is 0 Å². The second-order valence-corrected chi connectivity index (χ2v) is 9.33. The topological polar surface area (TPSA) is 75.0 Å². The summed E-state index contributed by atoms with van der Waals surface area (Å²) >= 11 is 1.41. The predicted octanol–water partition coefficient (Wildman–Crippen LogP) is 2.98. The monoisotopic (exact) mass is 483 g/mol. The van der Waals surface area contributed by atoms with Gasteiger partial charge in [-0.15, -0.1) is 11.8 Å². The van der Waals surface area contributed by atoms with Gasteiger partial charge in [0.2, 0.25) is 5.43 Å². The molecule has 0 spiro atoms. The Hall–Kier alpha value is -3.37. The molecule has 4 heterocycles. The van der Waals surface area contributed by atoms with Crippen LogP contribution >= 0.6 is 11.8 Å². The van der Waals surface area contributed by atoms with Crippen molar-refractivity contribution in [1.29, 1.82) is 0 Å². The Kier molecular flexibility index (Phi) is 4.89. The molecule has 174 valence electrons. The van der Waals surface area contributed by atoms with Gasteiger partial charge >= 0.3 is 0 Å². The van der Waals surface area contributed by atoms with Crippen LogP contribution in [0, 0.1) is 11.6 Å². The number of nitrogens with zero attached hydrogens (tertiary/aromatic N) is 3. The molecule has 1 saturated heterocycles. The third-order valence-corrected chi connectivity index (χ3v) is 7.67. The summed E-state index contributed by atoms with van der Waals surface area (Å²) < 4.78 is 36.5. The van der Waals surface area contributed by atoms with Crippen molar-refractivity contribution in [3.63, 3.8) is 0 Å². The maximum absolute atomic E-state index is 15.1. The number of pyridine rings is 1. The number of carbonyl (C=O) groups is 1. The highest BCUT2D eigenvalue weighted by molar-refractivity contribution is 7.98. The van der Waals surface area contributed by atoms with Crippen LogP contribution in [0.2, 0.25) is 0 Å². The van der Waals surface area contributed by atoms with E-state index in [-0.39, 0.29) is 30.2 Å². The van der Waals surface area contributed by atoms with E-state index in [9.17, 15) is 19.1 Å². The molecule has 7 nitrogen and oxygen atoms in total. The zero-order valence-corrected chi connectivity index (χ0v) is 18.6. The smallest absolute Gasteiger partial charge is 0.278 e. The van der Waals surface area contributed by atoms with Crippen LogP contribution < -0.4 is 10.4 Å². The molecular weight excluding hydrogens is 464 g/mol. The zero-order chi connectivity index (χ0) is 23.6. The SMILES string of the molecule is O=C1c2c(O)c(=O)ccn2N([C@H]2c3ccccc3SCc3c2ccc(F)c3F)[C@H]2COCCN12. The largest absolute Gasteiger partial charge is 0.502 e. The van der Waals surface area contributed by atoms with Gasteiger partial charge in [-0.05, 0) is 23.3 Å². The molecule has 1 fully saturated rings. The number of hydrogen-bond acceptors (Lipinski definition) is 6. The van der Waals surface area contributed by atoms with Crippen LogP contribution in [0.1, 0.15) is 33.2 Å². The van der Waals surface area contributed by atoms with Crippen LogP contribution in [-0.4, -0.2) is 46.5 Å². The molecule has 0 radical (unpaired) electrons. The third kappa shape index (κ3) is 2.98. The van der Waals surface area contributed by atoms with Gasteiger partial charge in [0.25, 0.3) is 5.91 Å². The molecule has 1 amide bonds. The first-order valence-corrected chi connectivity index (χ1v) is 11.8. The van der Waals surface area contributed by atoms with Gasteiger partial charge in [0.15, 0.2) is 23.1 Å². The molecule has 2 aromatic carbocycles. The molecule has 0 saturated carbocycles. The van der Waals surface area contributed by atoms with Gasteiger partial charge in [-0.1, -0.05) is 24.3 Å². The number of rotatable bonds is 1. The Morgan fingerprint density at radius 2 is 1.88 bits per heavy atom. The number of halogens is 2. The highest BCUT2D eigenvalue weighted by Crippen LogP contribution is 2.45. The minimum absolute atomic E-state index is 0.163. The number of thioether (sulfide) groups is 1. The molecule has 3 aliphatic rings. The maximum Gasteiger partial charge on any atom is 0.278 e. The molecule has 10 heteroatoms. The van der Waals surface area contributed by atoms with Crippen molar-refractivity contribution < 1.29 is 23.4 Å². The number of fused-ring (bicyclic) bond motifs is 4. The first kappa shape index (κ1) is 21.2. The minimum atomic E-state index is -0.929. The molecule has 1 N–H and O–H groups in total. The first-order valence-electron chi connectivity index (χ1n) is 10.8. The average Bonchev–Trinajstić information content (AvgIpc) is 3.01. The summed E-state index contributed by atoms with van der Waals surface area (Å²) in [5, 5.41) is 12.4. The van der Waals surface area contributed by atoms with E-state index in [1.165, 1.54) is 28.7 Å². The number of benzene rings is 2. The van der Waals surface area contributed by atoms with E-state index in [1.807, 2.05) is 29.3 Å². The number of hydrogen-bond donors (Lipinski definition) is 1. The Bertz CT molecular complexity index is 1400. The Balaban J connectivity index is 1.67. The van der Waals surface area contributed by atoms with Gasteiger partial charge in [0.1, 0.15) is 6.17 Å². The van der Waals surface area contributed by atoms with Crippen molar-refractivity contribution in [3.05, 3.63) is 92.9 Å². The van der Waals surface area contributed by atoms with Crippen LogP contribution in [0.15, 0.2) is 58.4 Å². The lowest BCUT2D eigenvalue weighted by atomic mass is 9.93. The summed E-state index contributed by atoms with van der Waals surface area (Å²) in [5.41, 5.74) is 0.778. The van der Waals surface area contributed by atoms with Crippen LogP contribution in [0.25, 0.3) is 0 Å². The zero-order valence-electron chi connectivity index (χ0n) is 17.8. The molecule has 0 bridgehead atoms. The second-order valence-electron chi connectivity index (χ2n) is 8.31. The third-order valence-electron chi connectivity index (χ3n) is 6.55. The van der Waals surface area contributed by atoms with Crippen molar-refractivity contribution in [2.75, 3.05) is 24.8 Å². The fourth-order valence-corrected chi connectivity index (χ4v) is 6.10. The summed E-state index contributed by atoms with van der Waals surface area (Å²) in [7, 11) is 0. The lowest BCUT2D eigenvalue weighted by molar-refractivity contribution is -0.0197. The average molecular weight is 483 g/mol. The lowest BCUT2D eigenvalue weighted by Crippen LogP contribution is -2.66. The molecule has 3 aliphatic heterocycles. The highest BCUT2D eigenvalue weighted by Gasteiger charge is 2.46. The number of amides is 1. The van der Waals surface area contributed by atoms with Gasteiger partial charge in [0, 0.05) is 35.0 Å². The molecule has 3 aromatic rings. The van der Waals surface area contributed by atoms with E-state index >= 15 is 4.39 Å². The summed E-state index contributed by atoms with van der Waals surface area (Å²) in [4.78, 5) is 28.0. The van der Waals surface area contributed by atoms with Crippen LogP contribution in [0.5, 0.6) is 5.75 Å².